The summed E-state index contributed by atoms with van der Waals surface area (Å²) in [7, 11) is -3.30. The summed E-state index contributed by atoms with van der Waals surface area (Å²) in [5.74, 6) is 0.350. The van der Waals surface area contributed by atoms with Crippen molar-refractivity contribution >= 4 is 20.9 Å². The van der Waals surface area contributed by atoms with Crippen LogP contribution in [0.4, 0.5) is 0 Å². The van der Waals surface area contributed by atoms with E-state index >= 15 is 0 Å². The molecule has 0 bridgehead atoms. The predicted molar refractivity (Wildman–Crippen MR) is 68.7 cm³/mol. The van der Waals surface area contributed by atoms with E-state index in [-0.39, 0.29) is 0 Å². The summed E-state index contributed by atoms with van der Waals surface area (Å²) in [6.07, 6.45) is 1.17. The molecule has 0 aliphatic carbocycles. The van der Waals surface area contributed by atoms with E-state index in [1.807, 2.05) is 6.07 Å². The lowest BCUT2D eigenvalue weighted by Crippen LogP contribution is -2.29. The Morgan fingerprint density at radius 2 is 2.06 bits per heavy atom. The fourth-order valence-electron chi connectivity index (χ4n) is 1.58. The van der Waals surface area contributed by atoms with Crippen molar-refractivity contribution < 1.29 is 8.42 Å². The van der Waals surface area contributed by atoms with Crippen LogP contribution in [-0.4, -0.2) is 24.6 Å². The van der Waals surface area contributed by atoms with Crippen molar-refractivity contribution in [3.63, 3.8) is 0 Å². The van der Waals surface area contributed by atoms with Gasteiger partial charge in [-0.3, -0.25) is 0 Å². The van der Waals surface area contributed by atoms with Gasteiger partial charge in [0.25, 0.3) is 0 Å². The maximum absolute atomic E-state index is 11.8. The van der Waals surface area contributed by atoms with Crippen LogP contribution in [0.25, 0.3) is 11.0 Å². The first-order valence-corrected chi connectivity index (χ1v) is 7.25. The number of fused-ring (bicyclic) bond motifs is 1. The molecular formula is C12H13N3O2S. The molecule has 5 nitrogen and oxygen atoms in total. The van der Waals surface area contributed by atoms with Crippen LogP contribution in [0, 0.1) is 11.3 Å². The van der Waals surface area contributed by atoms with Gasteiger partial charge in [0.05, 0.1) is 11.1 Å². The van der Waals surface area contributed by atoms with Gasteiger partial charge in [-0.25, -0.2) is 13.4 Å². The zero-order chi connectivity index (χ0) is 13.6. The van der Waals surface area contributed by atoms with E-state index in [0.717, 1.165) is 0 Å². The highest BCUT2D eigenvalue weighted by atomic mass is 32.2. The number of benzene rings is 1. The Bertz CT molecular complexity index is 751. The van der Waals surface area contributed by atoms with Crippen molar-refractivity contribution in [1.29, 1.82) is 5.26 Å². The van der Waals surface area contributed by atoms with E-state index < -0.39 is 14.6 Å². The van der Waals surface area contributed by atoms with E-state index in [4.69, 9.17) is 5.26 Å². The van der Waals surface area contributed by atoms with E-state index in [1.165, 1.54) is 6.26 Å². The van der Waals surface area contributed by atoms with E-state index in [2.05, 4.69) is 9.97 Å². The quantitative estimate of drug-likeness (QED) is 0.893. The molecule has 1 N–H and O–H groups in total. The van der Waals surface area contributed by atoms with Gasteiger partial charge in [-0.1, -0.05) is 6.07 Å². The van der Waals surface area contributed by atoms with Crippen LogP contribution in [0.1, 0.15) is 25.2 Å². The second-order valence-corrected chi connectivity index (χ2v) is 7.25. The minimum atomic E-state index is -3.30. The SMILES string of the molecule is CC(C)(c1nc2c(C#N)cccc2[nH]1)S(C)(=O)=O. The van der Waals surface area contributed by atoms with Crippen molar-refractivity contribution in [2.45, 2.75) is 18.6 Å². The smallest absolute Gasteiger partial charge is 0.159 e. The third kappa shape index (κ3) is 1.77. The maximum atomic E-state index is 11.8. The molecular weight excluding hydrogens is 250 g/mol. The molecule has 0 aliphatic heterocycles. The van der Waals surface area contributed by atoms with Crippen LogP contribution in [0.2, 0.25) is 0 Å². The predicted octanol–water partition coefficient (Wildman–Crippen LogP) is 1.71. The molecule has 1 aromatic carbocycles. The normalized spacial score (nSPS) is 12.6. The molecule has 0 saturated carbocycles. The summed E-state index contributed by atoms with van der Waals surface area (Å²) in [4.78, 5) is 7.24. The number of sulfone groups is 1. The second kappa shape index (κ2) is 3.82. The number of imidazole rings is 1. The Kier molecular flexibility index (Phi) is 2.67. The van der Waals surface area contributed by atoms with Crippen LogP contribution in [-0.2, 0) is 14.6 Å². The standard InChI is InChI=1S/C12H13N3O2S/c1-12(2,18(3,16)17)11-14-9-6-4-5-8(7-13)10(9)15-11/h4-6H,1-3H3,(H,14,15). The van der Waals surface area contributed by atoms with E-state index in [9.17, 15) is 8.42 Å². The van der Waals surface area contributed by atoms with Gasteiger partial charge in [-0.2, -0.15) is 5.26 Å². The molecule has 1 aromatic heterocycles. The van der Waals surface area contributed by atoms with Gasteiger partial charge >= 0.3 is 0 Å². The lowest BCUT2D eigenvalue weighted by atomic mass is 10.2. The van der Waals surface area contributed by atoms with Crippen LogP contribution in [0.3, 0.4) is 0 Å². The maximum Gasteiger partial charge on any atom is 0.159 e. The molecule has 0 saturated heterocycles. The molecule has 0 amide bonds. The zero-order valence-electron chi connectivity index (χ0n) is 10.4. The largest absolute Gasteiger partial charge is 0.341 e. The number of hydrogen-bond acceptors (Lipinski definition) is 4. The first-order valence-electron chi connectivity index (χ1n) is 5.36. The molecule has 94 valence electrons. The lowest BCUT2D eigenvalue weighted by molar-refractivity contribution is 0.552. The van der Waals surface area contributed by atoms with Crippen LogP contribution < -0.4 is 0 Å². The number of hydrogen-bond donors (Lipinski definition) is 1. The average Bonchev–Trinajstić information content (AvgIpc) is 2.71. The third-order valence-corrected chi connectivity index (χ3v) is 5.18. The van der Waals surface area contributed by atoms with Gasteiger partial charge in [0.15, 0.2) is 9.84 Å². The van der Waals surface area contributed by atoms with Crippen molar-refractivity contribution in [2.24, 2.45) is 0 Å². The molecule has 6 heteroatoms. The summed E-state index contributed by atoms with van der Waals surface area (Å²) < 4.78 is 22.4. The molecule has 0 radical (unpaired) electrons. The zero-order valence-corrected chi connectivity index (χ0v) is 11.2. The highest BCUT2D eigenvalue weighted by Crippen LogP contribution is 2.29. The fraction of sp³-hybridized carbons (Fsp3) is 0.333. The highest BCUT2D eigenvalue weighted by Gasteiger charge is 2.35. The summed E-state index contributed by atoms with van der Waals surface area (Å²) in [5, 5.41) is 8.99. The van der Waals surface area contributed by atoms with Gasteiger partial charge in [0, 0.05) is 6.26 Å². The first kappa shape index (κ1) is 12.6. The molecule has 0 unspecified atom stereocenters. The summed E-state index contributed by atoms with van der Waals surface area (Å²) in [6, 6.07) is 7.20. The third-order valence-electron chi connectivity index (χ3n) is 3.13. The Labute approximate surface area is 105 Å². The van der Waals surface area contributed by atoms with Crippen molar-refractivity contribution in [3.05, 3.63) is 29.6 Å². The number of aromatic amines is 1. The number of nitrogens with one attached hydrogen (secondary N) is 1. The molecule has 2 aromatic rings. The summed E-state index contributed by atoms with van der Waals surface area (Å²) >= 11 is 0. The monoisotopic (exact) mass is 263 g/mol. The molecule has 2 rings (SSSR count). The molecule has 18 heavy (non-hydrogen) atoms. The van der Waals surface area contributed by atoms with Crippen LogP contribution in [0.15, 0.2) is 18.2 Å². The summed E-state index contributed by atoms with van der Waals surface area (Å²) in [6.45, 7) is 3.18. The number of nitrogens with zero attached hydrogens (tertiary/aromatic N) is 2. The van der Waals surface area contributed by atoms with Crippen molar-refractivity contribution in [2.75, 3.05) is 6.26 Å². The number of aromatic nitrogens is 2. The minimum absolute atomic E-state index is 0.350. The lowest BCUT2D eigenvalue weighted by Gasteiger charge is -2.19. The number of nitriles is 1. The molecule has 0 spiro atoms. The van der Waals surface area contributed by atoms with E-state index in [1.54, 1.807) is 32.0 Å². The van der Waals surface area contributed by atoms with Crippen molar-refractivity contribution in [1.82, 2.24) is 9.97 Å². The number of para-hydroxylation sites is 1. The number of H-pyrrole nitrogens is 1. The average molecular weight is 263 g/mol. The fourth-order valence-corrected chi connectivity index (χ4v) is 2.03. The Balaban J connectivity index is 2.74. The Morgan fingerprint density at radius 3 is 2.61 bits per heavy atom. The highest BCUT2D eigenvalue weighted by molar-refractivity contribution is 7.91. The number of rotatable bonds is 2. The van der Waals surface area contributed by atoms with Gasteiger partial charge in [-0.15, -0.1) is 0 Å². The Hall–Kier alpha value is -1.87. The minimum Gasteiger partial charge on any atom is -0.341 e. The van der Waals surface area contributed by atoms with Crippen molar-refractivity contribution in [3.8, 4) is 6.07 Å². The molecule has 0 aliphatic rings. The van der Waals surface area contributed by atoms with Crippen LogP contribution >= 0.6 is 0 Å². The van der Waals surface area contributed by atoms with E-state index in [0.29, 0.717) is 22.4 Å². The molecule has 0 atom stereocenters. The van der Waals surface area contributed by atoms with Gasteiger partial charge in [0.2, 0.25) is 0 Å². The van der Waals surface area contributed by atoms with Gasteiger partial charge in [0.1, 0.15) is 22.2 Å². The topological polar surface area (TPSA) is 86.6 Å². The first-order chi connectivity index (χ1) is 8.27. The molecule has 0 fully saturated rings. The van der Waals surface area contributed by atoms with Crippen LogP contribution in [0.5, 0.6) is 0 Å². The van der Waals surface area contributed by atoms with Gasteiger partial charge in [-0.05, 0) is 26.0 Å². The second-order valence-electron chi connectivity index (χ2n) is 4.68. The Morgan fingerprint density at radius 1 is 1.39 bits per heavy atom. The molecule has 1 heterocycles. The summed E-state index contributed by atoms with van der Waals surface area (Å²) in [5.41, 5.74) is 1.60. The van der Waals surface area contributed by atoms with Gasteiger partial charge < -0.3 is 4.98 Å².